The molecule has 0 N–H and O–H groups in total. The van der Waals surface area contributed by atoms with Crippen molar-refractivity contribution < 1.29 is 0 Å². The minimum absolute atomic E-state index is 0.0608. The molecule has 10 aromatic rings. The molecule has 0 radical (unpaired) electrons. The lowest BCUT2D eigenvalue weighted by atomic mass is 9.79. The molecule has 10 aromatic carbocycles. The van der Waals surface area contributed by atoms with Crippen LogP contribution in [-0.4, -0.2) is 11.5 Å². The smallest absolute Gasteiger partial charge is 0.155 e. The molecule has 0 saturated carbocycles. The van der Waals surface area contributed by atoms with E-state index < -0.39 is 0 Å². The van der Waals surface area contributed by atoms with Crippen LogP contribution < -0.4 is 0 Å². The van der Waals surface area contributed by atoms with Gasteiger partial charge in [-0.2, -0.15) is 0 Å². The Bertz CT molecular complexity index is 3650. The minimum atomic E-state index is -0.0608. The number of nitrogens with zero attached hydrogens (tertiary/aromatic N) is 2. The Morgan fingerprint density at radius 1 is 0.405 bits per heavy atom. The Hall–Kier alpha value is -8.98. The van der Waals surface area contributed by atoms with Crippen LogP contribution in [0.3, 0.4) is 0 Å². The quantitative estimate of drug-likeness (QED) is 0.0813. The second-order valence-electron chi connectivity index (χ2n) is 19.0. The van der Waals surface area contributed by atoms with Crippen molar-refractivity contribution >= 4 is 17.1 Å². The Morgan fingerprint density at radius 3 is 1.41 bits per heavy atom. The van der Waals surface area contributed by atoms with Gasteiger partial charge in [0.2, 0.25) is 0 Å². The van der Waals surface area contributed by atoms with Crippen LogP contribution in [-0.2, 0) is 0 Å². The molecule has 0 amide bonds. The van der Waals surface area contributed by atoms with Gasteiger partial charge in [0.05, 0.1) is 6.04 Å². The van der Waals surface area contributed by atoms with Gasteiger partial charge in [-0.3, -0.25) is 4.99 Å². The second kappa shape index (κ2) is 22.2. The Balaban J connectivity index is 1.24. The van der Waals surface area contributed by atoms with Crippen molar-refractivity contribution in [2.45, 2.75) is 39.2 Å². The van der Waals surface area contributed by atoms with E-state index in [2.05, 4.69) is 287 Å². The summed E-state index contributed by atoms with van der Waals surface area (Å²) in [6.07, 6.45) is 9.63. The van der Waals surface area contributed by atoms with Crippen LogP contribution >= 0.6 is 0 Å². The van der Waals surface area contributed by atoms with E-state index in [0.29, 0.717) is 5.84 Å². The SMILES string of the molecule is CCC(/N=C(\N=C(/C)c1cc(-c2cc(-c3ccccc3)cc(-c3ccccc3)c2-c2ccccc2)cc(-c2ccc(-c3ccccc3)c(C3=CC=CCC3)c2-c2ccccc2)c1)c1ccccc1)c1ccccc1. The zero-order valence-electron chi connectivity index (χ0n) is 42.1. The summed E-state index contributed by atoms with van der Waals surface area (Å²) in [6, 6.07) is 92.1. The second-order valence-corrected chi connectivity index (χ2v) is 19.0. The van der Waals surface area contributed by atoms with Crippen LogP contribution in [0.2, 0.25) is 0 Å². The van der Waals surface area contributed by atoms with Gasteiger partial charge in [-0.15, -0.1) is 0 Å². The lowest BCUT2D eigenvalue weighted by molar-refractivity contribution is 0.700. The van der Waals surface area contributed by atoms with E-state index in [-0.39, 0.29) is 6.04 Å². The van der Waals surface area contributed by atoms with Crippen molar-refractivity contribution in [3.63, 3.8) is 0 Å². The predicted molar refractivity (Wildman–Crippen MR) is 316 cm³/mol. The van der Waals surface area contributed by atoms with Crippen LogP contribution in [0.5, 0.6) is 0 Å². The summed E-state index contributed by atoms with van der Waals surface area (Å²) in [7, 11) is 0. The highest BCUT2D eigenvalue weighted by Gasteiger charge is 2.24. The lowest BCUT2D eigenvalue weighted by Gasteiger charge is -2.24. The number of aliphatic imine (C=N–C) groups is 2. The molecule has 0 heterocycles. The predicted octanol–water partition coefficient (Wildman–Crippen LogP) is 19.5. The zero-order chi connectivity index (χ0) is 50.1. The standard InChI is InChI=1S/C72H58N2/c1-3-68(55-34-18-7-19-35-55)74-72(59-42-26-11-27-43-59)73-51(2)60-46-62(65-45-44-64(53-30-14-5-15-31-53)70(57-38-22-9-23-39-57)71(65)58-40-24-10-25-41-58)48-63(47-60)67-50-61(52-28-12-4-13-29-52)49-66(54-32-16-6-17-33-54)69(67)56-36-20-8-21-37-56/h4-22,24-38,40-50,68H,3,23,39H2,1-2H3/b73-51+,74-72-. The average Bonchev–Trinajstić information content (AvgIpc) is 3.49. The number of rotatable bonds is 13. The lowest BCUT2D eigenvalue weighted by Crippen LogP contribution is -2.07. The molecular formula is C72H58N2. The normalized spacial score (nSPS) is 13.1. The van der Waals surface area contributed by atoms with Crippen LogP contribution in [0.1, 0.15) is 61.4 Å². The van der Waals surface area contributed by atoms with E-state index in [0.717, 1.165) is 80.6 Å². The third kappa shape index (κ3) is 10.2. The fourth-order valence-corrected chi connectivity index (χ4v) is 10.5. The van der Waals surface area contributed by atoms with E-state index in [1.807, 2.05) is 0 Å². The first kappa shape index (κ1) is 47.4. The van der Waals surface area contributed by atoms with Crippen molar-refractivity contribution in [3.05, 3.63) is 295 Å². The first-order chi connectivity index (χ1) is 36.6. The zero-order valence-corrected chi connectivity index (χ0v) is 42.1. The van der Waals surface area contributed by atoms with Gasteiger partial charge < -0.3 is 0 Å². The van der Waals surface area contributed by atoms with Gasteiger partial charge in [0.1, 0.15) is 0 Å². The molecule has 1 unspecified atom stereocenters. The number of amidine groups is 1. The van der Waals surface area contributed by atoms with Gasteiger partial charge in [0, 0.05) is 11.3 Å². The molecule has 356 valence electrons. The monoisotopic (exact) mass is 950 g/mol. The molecule has 0 fully saturated rings. The molecule has 0 saturated heterocycles. The van der Waals surface area contributed by atoms with Gasteiger partial charge >= 0.3 is 0 Å². The summed E-state index contributed by atoms with van der Waals surface area (Å²) in [6.45, 7) is 4.36. The van der Waals surface area contributed by atoms with Crippen molar-refractivity contribution in [2.24, 2.45) is 9.98 Å². The van der Waals surface area contributed by atoms with Gasteiger partial charge in [-0.1, -0.05) is 250 Å². The summed E-state index contributed by atoms with van der Waals surface area (Å²) in [4.78, 5) is 11.1. The molecule has 0 aliphatic heterocycles. The highest BCUT2D eigenvalue weighted by atomic mass is 14.9. The maximum Gasteiger partial charge on any atom is 0.155 e. The molecule has 1 atom stereocenters. The summed E-state index contributed by atoms with van der Waals surface area (Å²) in [5, 5.41) is 0. The topological polar surface area (TPSA) is 24.7 Å². The molecule has 2 nitrogen and oxygen atoms in total. The molecule has 1 aliphatic rings. The molecule has 1 aliphatic carbocycles. The van der Waals surface area contributed by atoms with Crippen molar-refractivity contribution in [2.75, 3.05) is 0 Å². The molecule has 0 spiro atoms. The first-order valence-electron chi connectivity index (χ1n) is 26.0. The van der Waals surface area contributed by atoms with E-state index >= 15 is 0 Å². The molecule has 11 rings (SSSR count). The Labute approximate surface area is 437 Å². The molecule has 0 bridgehead atoms. The van der Waals surface area contributed by atoms with Crippen LogP contribution in [0.15, 0.2) is 283 Å². The van der Waals surface area contributed by atoms with Gasteiger partial charge in [-0.05, 0) is 157 Å². The number of hydrogen-bond acceptors (Lipinski definition) is 1. The summed E-state index contributed by atoms with van der Waals surface area (Å²) < 4.78 is 0. The van der Waals surface area contributed by atoms with Crippen molar-refractivity contribution in [1.82, 2.24) is 0 Å². The summed E-state index contributed by atoms with van der Waals surface area (Å²) in [5.74, 6) is 0.713. The largest absolute Gasteiger partial charge is 0.258 e. The molecule has 0 aromatic heterocycles. The maximum atomic E-state index is 5.59. The molecule has 74 heavy (non-hydrogen) atoms. The van der Waals surface area contributed by atoms with Crippen molar-refractivity contribution in [3.8, 4) is 77.9 Å². The summed E-state index contributed by atoms with van der Waals surface area (Å²) >= 11 is 0. The van der Waals surface area contributed by atoms with Crippen LogP contribution in [0, 0.1) is 0 Å². The highest BCUT2D eigenvalue weighted by Crippen LogP contribution is 2.48. The Morgan fingerprint density at radius 2 is 0.865 bits per heavy atom. The van der Waals surface area contributed by atoms with E-state index in [9.17, 15) is 0 Å². The van der Waals surface area contributed by atoms with Crippen LogP contribution in [0.4, 0.5) is 0 Å². The van der Waals surface area contributed by atoms with E-state index in [1.54, 1.807) is 0 Å². The molecule has 2 heteroatoms. The molecular weight excluding hydrogens is 893 g/mol. The van der Waals surface area contributed by atoms with Gasteiger partial charge in [0.15, 0.2) is 5.84 Å². The third-order valence-electron chi connectivity index (χ3n) is 14.2. The van der Waals surface area contributed by atoms with Gasteiger partial charge in [0.25, 0.3) is 0 Å². The average molecular weight is 951 g/mol. The fourth-order valence-electron chi connectivity index (χ4n) is 10.5. The maximum absolute atomic E-state index is 5.59. The third-order valence-corrected chi connectivity index (χ3v) is 14.2. The number of hydrogen-bond donors (Lipinski definition) is 0. The fraction of sp³-hybridized carbons (Fsp3) is 0.0833. The van der Waals surface area contributed by atoms with E-state index in [1.165, 1.54) is 50.1 Å². The Kier molecular flexibility index (Phi) is 14.2. The van der Waals surface area contributed by atoms with Crippen LogP contribution in [0.25, 0.3) is 83.5 Å². The van der Waals surface area contributed by atoms with E-state index in [4.69, 9.17) is 9.98 Å². The summed E-state index contributed by atoms with van der Waals surface area (Å²) in [5.41, 5.74) is 23.0. The minimum Gasteiger partial charge on any atom is -0.258 e. The van der Waals surface area contributed by atoms with Crippen molar-refractivity contribution in [1.29, 1.82) is 0 Å². The first-order valence-corrected chi connectivity index (χ1v) is 26.0. The highest BCUT2D eigenvalue weighted by molar-refractivity contribution is 6.13. The van der Waals surface area contributed by atoms with Gasteiger partial charge in [-0.25, -0.2) is 4.99 Å². The number of allylic oxidation sites excluding steroid dienone is 4. The number of benzene rings is 10.